The lowest BCUT2D eigenvalue weighted by molar-refractivity contribution is 0.602. The highest BCUT2D eigenvalue weighted by atomic mass is 32.2. The van der Waals surface area contributed by atoms with Gasteiger partial charge in [0.25, 0.3) is 0 Å². The Hall–Kier alpha value is -1.82. The normalized spacial score (nSPS) is 11.3. The van der Waals surface area contributed by atoms with Crippen molar-refractivity contribution in [1.29, 1.82) is 0 Å². The molecule has 0 saturated carbocycles. The lowest BCUT2D eigenvalue weighted by atomic mass is 10.2. The van der Waals surface area contributed by atoms with Gasteiger partial charge in [-0.1, -0.05) is 0 Å². The van der Waals surface area contributed by atoms with Gasteiger partial charge in [-0.25, -0.2) is 23.4 Å². The van der Waals surface area contributed by atoms with Gasteiger partial charge in [-0.05, 0) is 24.3 Å². The second-order valence-corrected chi connectivity index (χ2v) is 5.27. The van der Waals surface area contributed by atoms with Crippen molar-refractivity contribution in [3.05, 3.63) is 36.9 Å². The third kappa shape index (κ3) is 2.22. The fraction of sp³-hybridized carbons (Fsp3) is 0.100. The van der Waals surface area contributed by atoms with E-state index in [-0.39, 0.29) is 4.90 Å². The van der Waals surface area contributed by atoms with Crippen LogP contribution in [-0.2, 0) is 9.84 Å². The predicted molar refractivity (Wildman–Crippen MR) is 58.4 cm³/mol. The summed E-state index contributed by atoms with van der Waals surface area (Å²) in [7, 11) is -3.15. The van der Waals surface area contributed by atoms with Crippen molar-refractivity contribution in [2.75, 3.05) is 6.26 Å². The van der Waals surface area contributed by atoms with Gasteiger partial charge in [-0.2, -0.15) is 0 Å². The molecule has 1 aromatic heterocycles. The largest absolute Gasteiger partial charge is 0.225 e. The van der Waals surface area contributed by atoms with E-state index < -0.39 is 9.84 Å². The first kappa shape index (κ1) is 10.7. The van der Waals surface area contributed by atoms with Crippen LogP contribution < -0.4 is 0 Å². The maximum Gasteiger partial charge on any atom is 0.175 e. The first-order valence-electron chi connectivity index (χ1n) is 4.50. The van der Waals surface area contributed by atoms with Crippen LogP contribution in [0.25, 0.3) is 11.4 Å². The van der Waals surface area contributed by atoms with Crippen LogP contribution >= 0.6 is 0 Å². The fourth-order valence-corrected chi connectivity index (χ4v) is 1.87. The van der Waals surface area contributed by atoms with Crippen molar-refractivity contribution in [3.63, 3.8) is 0 Å². The number of hydrogen-bond acceptors (Lipinski definition) is 5. The number of aromatic nitrogens is 3. The second-order valence-electron chi connectivity index (χ2n) is 3.26. The molecule has 1 heterocycles. The fourth-order valence-electron chi connectivity index (χ4n) is 1.24. The SMILES string of the molecule is CS(=O)(=O)c1ccc(-c2ncncn2)cc1. The van der Waals surface area contributed by atoms with Crippen molar-refractivity contribution in [3.8, 4) is 11.4 Å². The van der Waals surface area contributed by atoms with E-state index >= 15 is 0 Å². The summed E-state index contributed by atoms with van der Waals surface area (Å²) in [6, 6.07) is 6.42. The molecule has 0 aliphatic heterocycles. The molecule has 0 amide bonds. The zero-order valence-electron chi connectivity index (χ0n) is 8.53. The first-order chi connectivity index (χ1) is 7.57. The molecule has 0 fully saturated rings. The summed E-state index contributed by atoms with van der Waals surface area (Å²) < 4.78 is 22.5. The van der Waals surface area contributed by atoms with Crippen molar-refractivity contribution in [1.82, 2.24) is 15.0 Å². The Labute approximate surface area is 93.1 Å². The minimum atomic E-state index is -3.15. The summed E-state index contributed by atoms with van der Waals surface area (Å²) in [4.78, 5) is 11.9. The van der Waals surface area contributed by atoms with Crippen LogP contribution in [0.1, 0.15) is 0 Å². The Kier molecular flexibility index (Phi) is 2.66. The molecular weight excluding hydrogens is 226 g/mol. The van der Waals surface area contributed by atoms with Crippen LogP contribution in [0.3, 0.4) is 0 Å². The summed E-state index contributed by atoms with van der Waals surface area (Å²) in [5, 5.41) is 0. The van der Waals surface area contributed by atoms with E-state index in [9.17, 15) is 8.42 Å². The van der Waals surface area contributed by atoms with Gasteiger partial charge >= 0.3 is 0 Å². The van der Waals surface area contributed by atoms with Crippen molar-refractivity contribution in [2.45, 2.75) is 4.90 Å². The minimum Gasteiger partial charge on any atom is -0.225 e. The van der Waals surface area contributed by atoms with Gasteiger partial charge in [0.2, 0.25) is 0 Å². The zero-order chi connectivity index (χ0) is 11.6. The van der Waals surface area contributed by atoms with Crippen molar-refractivity contribution >= 4 is 9.84 Å². The Balaban J connectivity index is 2.41. The van der Waals surface area contributed by atoms with E-state index in [1.165, 1.54) is 31.0 Å². The topological polar surface area (TPSA) is 72.8 Å². The van der Waals surface area contributed by atoms with Gasteiger partial charge in [0, 0.05) is 11.8 Å². The molecule has 16 heavy (non-hydrogen) atoms. The quantitative estimate of drug-likeness (QED) is 0.774. The highest BCUT2D eigenvalue weighted by Gasteiger charge is 2.07. The molecule has 0 unspecified atom stereocenters. The predicted octanol–water partition coefficient (Wildman–Crippen LogP) is 0.942. The summed E-state index contributed by atoms with van der Waals surface area (Å²) in [5.74, 6) is 0.523. The van der Waals surface area contributed by atoms with E-state index in [1.54, 1.807) is 12.1 Å². The lowest BCUT2D eigenvalue weighted by Gasteiger charge is -2.00. The molecule has 0 atom stereocenters. The van der Waals surface area contributed by atoms with E-state index in [4.69, 9.17) is 0 Å². The average molecular weight is 235 g/mol. The van der Waals surface area contributed by atoms with Crippen LogP contribution in [0.2, 0.25) is 0 Å². The molecule has 0 bridgehead atoms. The highest BCUT2D eigenvalue weighted by Crippen LogP contribution is 2.16. The Morgan fingerprint density at radius 1 is 1.00 bits per heavy atom. The number of hydrogen-bond donors (Lipinski definition) is 0. The summed E-state index contributed by atoms with van der Waals surface area (Å²) in [6.07, 6.45) is 3.96. The summed E-state index contributed by atoms with van der Waals surface area (Å²) in [5.41, 5.74) is 0.759. The average Bonchev–Trinajstić information content (AvgIpc) is 2.29. The summed E-state index contributed by atoms with van der Waals surface area (Å²) in [6.45, 7) is 0. The van der Waals surface area contributed by atoms with Gasteiger partial charge in [-0.15, -0.1) is 0 Å². The monoisotopic (exact) mass is 235 g/mol. The molecule has 0 aliphatic carbocycles. The number of nitrogens with zero attached hydrogens (tertiary/aromatic N) is 3. The zero-order valence-corrected chi connectivity index (χ0v) is 9.35. The maximum absolute atomic E-state index is 11.2. The molecule has 2 aromatic rings. The third-order valence-electron chi connectivity index (χ3n) is 2.03. The molecule has 1 aromatic carbocycles. The molecule has 6 heteroatoms. The molecule has 2 rings (SSSR count). The standard InChI is InChI=1S/C10H9N3O2S/c1-16(14,15)9-4-2-8(3-5-9)10-12-6-11-7-13-10/h2-7H,1H3. The first-order valence-corrected chi connectivity index (χ1v) is 6.39. The van der Waals surface area contributed by atoms with Crippen LogP contribution in [0.5, 0.6) is 0 Å². The van der Waals surface area contributed by atoms with Crippen LogP contribution in [-0.4, -0.2) is 29.6 Å². The molecule has 5 nitrogen and oxygen atoms in total. The van der Waals surface area contributed by atoms with Crippen LogP contribution in [0.4, 0.5) is 0 Å². The van der Waals surface area contributed by atoms with Gasteiger partial charge in [0.1, 0.15) is 12.7 Å². The van der Waals surface area contributed by atoms with Gasteiger partial charge in [-0.3, -0.25) is 0 Å². The molecule has 0 spiro atoms. The van der Waals surface area contributed by atoms with Crippen molar-refractivity contribution in [2.24, 2.45) is 0 Å². The van der Waals surface area contributed by atoms with E-state index in [0.717, 1.165) is 5.56 Å². The van der Waals surface area contributed by atoms with Gasteiger partial charge in [0.15, 0.2) is 15.7 Å². The Morgan fingerprint density at radius 3 is 2.06 bits per heavy atom. The molecule has 0 aliphatic rings. The molecular formula is C10H9N3O2S. The van der Waals surface area contributed by atoms with E-state index in [1.807, 2.05) is 0 Å². The Bertz CT molecular complexity index is 579. The van der Waals surface area contributed by atoms with E-state index in [0.29, 0.717) is 5.82 Å². The van der Waals surface area contributed by atoms with Crippen LogP contribution in [0.15, 0.2) is 41.8 Å². The molecule has 82 valence electrons. The number of rotatable bonds is 2. The summed E-state index contributed by atoms with van der Waals surface area (Å²) >= 11 is 0. The molecule has 0 saturated heterocycles. The second kappa shape index (κ2) is 3.97. The number of benzene rings is 1. The van der Waals surface area contributed by atoms with Gasteiger partial charge < -0.3 is 0 Å². The number of sulfone groups is 1. The van der Waals surface area contributed by atoms with Gasteiger partial charge in [0.05, 0.1) is 4.90 Å². The smallest absolute Gasteiger partial charge is 0.175 e. The van der Waals surface area contributed by atoms with Crippen molar-refractivity contribution < 1.29 is 8.42 Å². The van der Waals surface area contributed by atoms with Crippen LogP contribution in [0, 0.1) is 0 Å². The Morgan fingerprint density at radius 2 is 1.56 bits per heavy atom. The highest BCUT2D eigenvalue weighted by molar-refractivity contribution is 7.90. The maximum atomic E-state index is 11.2. The third-order valence-corrected chi connectivity index (χ3v) is 3.16. The minimum absolute atomic E-state index is 0.283. The van der Waals surface area contributed by atoms with E-state index in [2.05, 4.69) is 15.0 Å². The molecule has 0 N–H and O–H groups in total. The lowest BCUT2D eigenvalue weighted by Crippen LogP contribution is -1.96. The molecule has 0 radical (unpaired) electrons.